The second-order valence-electron chi connectivity index (χ2n) is 1.81. The molecule has 0 fully saturated rings. The number of nitrogens with zero attached hydrogens (tertiary/aromatic N) is 2. The Morgan fingerprint density at radius 3 is 2.50 bits per heavy atom. The fraction of sp³-hybridized carbons (Fsp3) is 0.400. The standard InChI is InChI=1S/C5H8N2O/c1-4-3-7(2)6-5(4)8/h3H,1-2H3,(H,6,8). The Morgan fingerprint density at radius 1 is 1.75 bits per heavy atom. The van der Waals surface area contributed by atoms with Crippen LogP contribution >= 0.6 is 0 Å². The highest BCUT2D eigenvalue weighted by Gasteiger charge is 1.96. The zero-order valence-electron chi connectivity index (χ0n) is 4.92. The fourth-order valence-corrected chi connectivity index (χ4v) is 0.595. The Morgan fingerprint density at radius 2 is 2.38 bits per heavy atom. The molecule has 0 amide bonds. The van der Waals surface area contributed by atoms with E-state index in [0.29, 0.717) is 0 Å². The van der Waals surface area contributed by atoms with Gasteiger partial charge in [-0.1, -0.05) is 0 Å². The van der Waals surface area contributed by atoms with Gasteiger partial charge in [0.25, 0.3) is 0 Å². The molecule has 0 bridgehead atoms. The molecule has 0 aliphatic carbocycles. The smallest absolute Gasteiger partial charge is 0.233 e. The molecule has 1 aromatic rings. The molecular formula is C5H8N2O. The van der Waals surface area contributed by atoms with Crippen LogP contribution in [0.25, 0.3) is 0 Å². The van der Waals surface area contributed by atoms with Gasteiger partial charge in [-0.25, -0.2) is 0 Å². The predicted molar refractivity (Wildman–Crippen MR) is 29.6 cm³/mol. The minimum atomic E-state index is 0.118. The summed E-state index contributed by atoms with van der Waals surface area (Å²) in [4.78, 5) is 0. The van der Waals surface area contributed by atoms with Crippen molar-refractivity contribution < 1.29 is 5.11 Å². The second kappa shape index (κ2) is 1.51. The zero-order valence-corrected chi connectivity index (χ0v) is 4.92. The first-order chi connectivity index (χ1) is 3.70. The molecule has 8 heavy (non-hydrogen) atoms. The summed E-state index contributed by atoms with van der Waals surface area (Å²) in [6, 6.07) is 0. The van der Waals surface area contributed by atoms with Crippen molar-refractivity contribution in [3.05, 3.63) is 11.8 Å². The van der Waals surface area contributed by atoms with E-state index < -0.39 is 0 Å². The van der Waals surface area contributed by atoms with Crippen molar-refractivity contribution in [2.24, 2.45) is 7.05 Å². The molecular weight excluding hydrogens is 104 g/mol. The maximum Gasteiger partial charge on any atom is 0.233 e. The lowest BCUT2D eigenvalue weighted by Gasteiger charge is -1.79. The van der Waals surface area contributed by atoms with Gasteiger partial charge in [0.2, 0.25) is 5.88 Å². The van der Waals surface area contributed by atoms with Gasteiger partial charge in [0.05, 0.1) is 0 Å². The third-order valence-corrected chi connectivity index (χ3v) is 0.986. The number of aromatic nitrogens is 2. The molecule has 0 saturated carbocycles. The van der Waals surface area contributed by atoms with Gasteiger partial charge < -0.3 is 5.11 Å². The Bertz CT molecular complexity index is 173. The van der Waals surface area contributed by atoms with Gasteiger partial charge in [0, 0.05) is 18.8 Å². The fourth-order valence-electron chi connectivity index (χ4n) is 0.595. The van der Waals surface area contributed by atoms with Crippen LogP contribution in [0.2, 0.25) is 0 Å². The van der Waals surface area contributed by atoms with Crippen molar-refractivity contribution in [2.75, 3.05) is 0 Å². The molecule has 44 valence electrons. The monoisotopic (exact) mass is 112 g/mol. The van der Waals surface area contributed by atoms with E-state index in [4.69, 9.17) is 5.11 Å². The molecule has 0 unspecified atom stereocenters. The molecule has 0 atom stereocenters. The SMILES string of the molecule is Cc1cn(C)nc1O. The van der Waals surface area contributed by atoms with Gasteiger partial charge in [-0.05, 0) is 6.92 Å². The van der Waals surface area contributed by atoms with E-state index in [1.54, 1.807) is 17.9 Å². The molecule has 0 aliphatic heterocycles. The lowest BCUT2D eigenvalue weighted by atomic mass is 10.4. The Labute approximate surface area is 47.6 Å². The topological polar surface area (TPSA) is 38.0 Å². The summed E-state index contributed by atoms with van der Waals surface area (Å²) >= 11 is 0. The summed E-state index contributed by atoms with van der Waals surface area (Å²) in [5.74, 6) is 0.118. The van der Waals surface area contributed by atoms with E-state index in [1.807, 2.05) is 6.92 Å². The van der Waals surface area contributed by atoms with E-state index in [9.17, 15) is 0 Å². The summed E-state index contributed by atoms with van der Waals surface area (Å²) in [7, 11) is 1.77. The number of aromatic hydroxyl groups is 1. The van der Waals surface area contributed by atoms with Crippen molar-refractivity contribution in [3.8, 4) is 5.88 Å². The van der Waals surface area contributed by atoms with Crippen molar-refractivity contribution in [2.45, 2.75) is 6.92 Å². The summed E-state index contributed by atoms with van der Waals surface area (Å²) in [5, 5.41) is 12.5. The average Bonchev–Trinajstić information content (AvgIpc) is 1.85. The zero-order chi connectivity index (χ0) is 6.15. The molecule has 3 heteroatoms. The molecule has 1 aromatic heterocycles. The largest absolute Gasteiger partial charge is 0.492 e. The third kappa shape index (κ3) is 0.665. The van der Waals surface area contributed by atoms with Gasteiger partial charge in [0.1, 0.15) is 0 Å². The summed E-state index contributed by atoms with van der Waals surface area (Å²) in [6.45, 7) is 1.81. The third-order valence-electron chi connectivity index (χ3n) is 0.986. The summed E-state index contributed by atoms with van der Waals surface area (Å²) < 4.78 is 1.57. The van der Waals surface area contributed by atoms with Gasteiger partial charge in [-0.3, -0.25) is 4.68 Å². The molecule has 0 saturated heterocycles. The van der Waals surface area contributed by atoms with Crippen molar-refractivity contribution in [3.63, 3.8) is 0 Å². The maximum atomic E-state index is 8.81. The highest BCUT2D eigenvalue weighted by molar-refractivity contribution is 5.18. The summed E-state index contributed by atoms with van der Waals surface area (Å²) in [6.07, 6.45) is 1.76. The van der Waals surface area contributed by atoms with E-state index in [-0.39, 0.29) is 5.88 Å². The van der Waals surface area contributed by atoms with E-state index in [0.717, 1.165) is 5.56 Å². The average molecular weight is 112 g/mol. The van der Waals surface area contributed by atoms with E-state index >= 15 is 0 Å². The lowest BCUT2D eigenvalue weighted by Crippen LogP contribution is -1.84. The van der Waals surface area contributed by atoms with Gasteiger partial charge in [0.15, 0.2) is 0 Å². The highest BCUT2D eigenvalue weighted by Crippen LogP contribution is 2.09. The Kier molecular flexibility index (Phi) is 0.970. The number of rotatable bonds is 0. The van der Waals surface area contributed by atoms with Crippen LogP contribution in [0.15, 0.2) is 6.20 Å². The van der Waals surface area contributed by atoms with Crippen molar-refractivity contribution in [1.29, 1.82) is 0 Å². The Balaban J connectivity index is 3.14. The van der Waals surface area contributed by atoms with Crippen molar-refractivity contribution in [1.82, 2.24) is 9.78 Å². The van der Waals surface area contributed by atoms with Crippen LogP contribution in [0.5, 0.6) is 5.88 Å². The minimum absolute atomic E-state index is 0.118. The molecule has 0 radical (unpaired) electrons. The first-order valence-electron chi connectivity index (χ1n) is 2.39. The van der Waals surface area contributed by atoms with Crippen LogP contribution in [-0.4, -0.2) is 14.9 Å². The van der Waals surface area contributed by atoms with Gasteiger partial charge >= 0.3 is 0 Å². The molecule has 1 heterocycles. The van der Waals surface area contributed by atoms with E-state index in [2.05, 4.69) is 5.10 Å². The molecule has 1 rings (SSSR count). The molecule has 1 N–H and O–H groups in total. The molecule has 0 spiro atoms. The van der Waals surface area contributed by atoms with Crippen LogP contribution < -0.4 is 0 Å². The van der Waals surface area contributed by atoms with Crippen LogP contribution in [0.3, 0.4) is 0 Å². The number of aryl methyl sites for hydroxylation is 2. The maximum absolute atomic E-state index is 8.81. The quantitative estimate of drug-likeness (QED) is 0.528. The normalized spacial score (nSPS) is 9.75. The number of hydrogen-bond donors (Lipinski definition) is 1. The predicted octanol–water partition coefficient (Wildman–Crippen LogP) is 0.434. The van der Waals surface area contributed by atoms with Crippen molar-refractivity contribution >= 4 is 0 Å². The highest BCUT2D eigenvalue weighted by atomic mass is 16.3. The molecule has 0 aliphatic rings. The van der Waals surface area contributed by atoms with Crippen LogP contribution in [0.4, 0.5) is 0 Å². The minimum Gasteiger partial charge on any atom is -0.492 e. The first-order valence-corrected chi connectivity index (χ1v) is 2.39. The van der Waals surface area contributed by atoms with Crippen LogP contribution in [0, 0.1) is 6.92 Å². The van der Waals surface area contributed by atoms with Crippen LogP contribution in [0.1, 0.15) is 5.56 Å². The lowest BCUT2D eigenvalue weighted by molar-refractivity contribution is 0.441. The number of hydrogen-bond acceptors (Lipinski definition) is 2. The van der Waals surface area contributed by atoms with E-state index in [1.165, 1.54) is 0 Å². The molecule has 0 aromatic carbocycles. The van der Waals surface area contributed by atoms with Gasteiger partial charge in [-0.15, -0.1) is 5.10 Å². The molecule has 3 nitrogen and oxygen atoms in total. The van der Waals surface area contributed by atoms with Crippen LogP contribution in [-0.2, 0) is 7.05 Å². The summed E-state index contributed by atoms with van der Waals surface area (Å²) in [5.41, 5.74) is 0.813. The first kappa shape index (κ1) is 5.15. The Hall–Kier alpha value is -0.990. The van der Waals surface area contributed by atoms with Gasteiger partial charge in [-0.2, -0.15) is 0 Å². The second-order valence-corrected chi connectivity index (χ2v) is 1.81.